The predicted molar refractivity (Wildman–Crippen MR) is 90.2 cm³/mol. The molecule has 2 N–H and O–H groups in total. The average molecular weight is 310 g/mol. The standard InChI is InChI=1S/C19H22N2O2/c1-2-12-11-21-8-6-13(12)9-18(21)19(23)15-5-7-20-17-4-3-14(22)10-16(15)17/h2-5,7,10,13,18-19,22-23H,6,8-9,11H2,1H3/b12-2+/t13?,18?,19-/m0/s1. The molecular weight excluding hydrogens is 288 g/mol. The van der Waals surface area contributed by atoms with Crippen LogP contribution in [-0.4, -0.2) is 39.2 Å². The molecule has 0 amide bonds. The van der Waals surface area contributed by atoms with E-state index in [2.05, 4.69) is 22.9 Å². The minimum atomic E-state index is -0.552. The van der Waals surface area contributed by atoms with Gasteiger partial charge in [0.1, 0.15) is 5.75 Å². The number of phenols is 1. The zero-order chi connectivity index (χ0) is 16.0. The zero-order valence-corrected chi connectivity index (χ0v) is 13.3. The van der Waals surface area contributed by atoms with E-state index in [0.29, 0.717) is 5.92 Å². The Morgan fingerprint density at radius 1 is 1.35 bits per heavy atom. The first kappa shape index (κ1) is 14.7. The Morgan fingerprint density at radius 2 is 2.22 bits per heavy atom. The molecule has 0 saturated carbocycles. The van der Waals surface area contributed by atoms with Crippen LogP contribution in [0.25, 0.3) is 10.9 Å². The molecule has 4 heteroatoms. The number of pyridine rings is 1. The summed E-state index contributed by atoms with van der Waals surface area (Å²) in [7, 11) is 0. The van der Waals surface area contributed by atoms with Crippen molar-refractivity contribution in [2.75, 3.05) is 13.1 Å². The van der Waals surface area contributed by atoms with Gasteiger partial charge in [0.25, 0.3) is 0 Å². The molecule has 4 nitrogen and oxygen atoms in total. The summed E-state index contributed by atoms with van der Waals surface area (Å²) in [6.07, 6.45) is 5.62. The van der Waals surface area contributed by atoms with E-state index in [1.54, 1.807) is 24.4 Å². The van der Waals surface area contributed by atoms with Gasteiger partial charge < -0.3 is 10.2 Å². The van der Waals surface area contributed by atoms with Crippen molar-refractivity contribution in [2.24, 2.45) is 5.92 Å². The molecule has 0 radical (unpaired) electrons. The van der Waals surface area contributed by atoms with Gasteiger partial charge >= 0.3 is 0 Å². The Labute approximate surface area is 136 Å². The molecular formula is C19H22N2O2. The highest BCUT2D eigenvalue weighted by atomic mass is 16.3. The number of aromatic hydroxyl groups is 1. The Hall–Kier alpha value is -1.91. The number of phenolic OH excluding ortho intramolecular Hbond substituents is 1. The van der Waals surface area contributed by atoms with Gasteiger partial charge in [-0.3, -0.25) is 9.88 Å². The van der Waals surface area contributed by atoms with Crippen LogP contribution in [0.2, 0.25) is 0 Å². The lowest BCUT2D eigenvalue weighted by Crippen LogP contribution is -2.52. The van der Waals surface area contributed by atoms with Gasteiger partial charge in [0, 0.05) is 24.2 Å². The summed E-state index contributed by atoms with van der Waals surface area (Å²) in [5.74, 6) is 0.812. The molecule has 1 aromatic carbocycles. The van der Waals surface area contributed by atoms with Crippen LogP contribution in [0.5, 0.6) is 5.75 Å². The molecule has 23 heavy (non-hydrogen) atoms. The van der Waals surface area contributed by atoms with Crippen LogP contribution in [0, 0.1) is 5.92 Å². The molecule has 2 bridgehead atoms. The molecule has 3 fully saturated rings. The van der Waals surface area contributed by atoms with Crippen molar-refractivity contribution < 1.29 is 10.2 Å². The molecule has 3 unspecified atom stereocenters. The number of aliphatic hydroxyl groups excluding tert-OH is 1. The summed E-state index contributed by atoms with van der Waals surface area (Å²) in [6, 6.07) is 7.16. The smallest absolute Gasteiger partial charge is 0.116 e. The van der Waals surface area contributed by atoms with Gasteiger partial charge in [-0.25, -0.2) is 0 Å². The Balaban J connectivity index is 1.70. The van der Waals surface area contributed by atoms with E-state index in [-0.39, 0.29) is 11.8 Å². The third kappa shape index (κ3) is 2.42. The molecule has 5 rings (SSSR count). The van der Waals surface area contributed by atoms with Crippen LogP contribution >= 0.6 is 0 Å². The third-order valence-electron chi connectivity index (χ3n) is 5.48. The second-order valence-corrected chi connectivity index (χ2v) is 6.67. The van der Waals surface area contributed by atoms with Crippen molar-refractivity contribution in [3.05, 3.63) is 47.7 Å². The first-order valence-corrected chi connectivity index (χ1v) is 8.32. The number of rotatable bonds is 2. The second kappa shape index (κ2) is 5.62. The molecule has 3 saturated heterocycles. The van der Waals surface area contributed by atoms with Crippen LogP contribution in [-0.2, 0) is 0 Å². The number of allylic oxidation sites excluding steroid dienone is 1. The maximum atomic E-state index is 11.0. The minimum Gasteiger partial charge on any atom is -0.508 e. The highest BCUT2D eigenvalue weighted by Gasteiger charge is 2.40. The summed E-state index contributed by atoms with van der Waals surface area (Å²) in [5.41, 5.74) is 3.19. The van der Waals surface area contributed by atoms with Crippen molar-refractivity contribution in [3.63, 3.8) is 0 Å². The van der Waals surface area contributed by atoms with Crippen molar-refractivity contribution >= 4 is 10.9 Å². The highest BCUT2D eigenvalue weighted by molar-refractivity contribution is 5.83. The fourth-order valence-electron chi connectivity index (χ4n) is 4.22. The minimum absolute atomic E-state index is 0.144. The van der Waals surface area contributed by atoms with E-state index < -0.39 is 6.10 Å². The number of hydrogen-bond acceptors (Lipinski definition) is 4. The van der Waals surface area contributed by atoms with Crippen LogP contribution in [0.4, 0.5) is 0 Å². The number of aliphatic hydroxyl groups is 1. The molecule has 4 heterocycles. The van der Waals surface area contributed by atoms with E-state index in [9.17, 15) is 10.2 Å². The molecule has 4 atom stereocenters. The SMILES string of the molecule is C/C=C1\CN2CCC1CC2[C@@H](O)c1ccnc2ccc(O)cc12. The van der Waals surface area contributed by atoms with Crippen molar-refractivity contribution in [2.45, 2.75) is 31.9 Å². The van der Waals surface area contributed by atoms with Crippen molar-refractivity contribution in [1.82, 2.24) is 9.88 Å². The number of piperidine rings is 3. The van der Waals surface area contributed by atoms with E-state index in [4.69, 9.17) is 0 Å². The maximum absolute atomic E-state index is 11.0. The van der Waals surface area contributed by atoms with Crippen LogP contribution in [0.1, 0.15) is 31.4 Å². The number of aromatic nitrogens is 1. The van der Waals surface area contributed by atoms with Gasteiger partial charge in [-0.05, 0) is 62.1 Å². The van der Waals surface area contributed by atoms with Crippen molar-refractivity contribution in [3.8, 4) is 5.75 Å². The van der Waals surface area contributed by atoms with Gasteiger partial charge in [-0.2, -0.15) is 0 Å². The Kier molecular flexibility index (Phi) is 3.58. The number of benzene rings is 1. The summed E-state index contributed by atoms with van der Waals surface area (Å²) in [4.78, 5) is 6.74. The fraction of sp³-hybridized carbons (Fsp3) is 0.421. The quantitative estimate of drug-likeness (QED) is 0.837. The molecule has 1 aromatic heterocycles. The molecule has 3 aliphatic heterocycles. The number of hydrogen-bond donors (Lipinski definition) is 2. The van der Waals surface area contributed by atoms with E-state index >= 15 is 0 Å². The summed E-state index contributed by atoms with van der Waals surface area (Å²) >= 11 is 0. The van der Waals surface area contributed by atoms with E-state index in [1.807, 2.05) is 6.07 Å². The first-order chi connectivity index (χ1) is 11.2. The lowest BCUT2D eigenvalue weighted by atomic mass is 9.76. The van der Waals surface area contributed by atoms with Gasteiger partial charge in [-0.15, -0.1) is 0 Å². The monoisotopic (exact) mass is 310 g/mol. The molecule has 0 aliphatic carbocycles. The molecule has 2 aromatic rings. The third-order valence-corrected chi connectivity index (χ3v) is 5.48. The van der Waals surface area contributed by atoms with Gasteiger partial charge in [0.15, 0.2) is 0 Å². The topological polar surface area (TPSA) is 56.6 Å². The van der Waals surface area contributed by atoms with E-state index in [1.165, 1.54) is 12.0 Å². The maximum Gasteiger partial charge on any atom is 0.116 e. The lowest BCUT2D eigenvalue weighted by Gasteiger charge is -2.48. The highest BCUT2D eigenvalue weighted by Crippen LogP contribution is 2.41. The lowest BCUT2D eigenvalue weighted by molar-refractivity contribution is -0.00340. The molecule has 120 valence electrons. The van der Waals surface area contributed by atoms with E-state index in [0.717, 1.165) is 36.0 Å². The van der Waals surface area contributed by atoms with Crippen LogP contribution in [0.15, 0.2) is 42.1 Å². The average Bonchev–Trinajstić information content (AvgIpc) is 2.60. The molecule has 3 aliphatic rings. The number of fused-ring (bicyclic) bond motifs is 4. The molecule has 0 spiro atoms. The Morgan fingerprint density at radius 3 is 2.96 bits per heavy atom. The summed E-state index contributed by atoms with van der Waals surface area (Å²) in [5, 5.41) is 21.7. The van der Waals surface area contributed by atoms with Gasteiger partial charge in [0.05, 0.1) is 11.6 Å². The zero-order valence-electron chi connectivity index (χ0n) is 13.3. The normalized spacial score (nSPS) is 30.0. The van der Waals surface area contributed by atoms with Gasteiger partial charge in [0.2, 0.25) is 0 Å². The number of nitrogens with zero attached hydrogens (tertiary/aromatic N) is 2. The van der Waals surface area contributed by atoms with Crippen molar-refractivity contribution in [1.29, 1.82) is 0 Å². The second-order valence-electron chi connectivity index (χ2n) is 6.67. The van der Waals surface area contributed by atoms with Gasteiger partial charge in [-0.1, -0.05) is 11.6 Å². The Bertz CT molecular complexity index is 771. The first-order valence-electron chi connectivity index (χ1n) is 8.32. The summed E-state index contributed by atoms with van der Waals surface area (Å²) in [6.45, 7) is 4.14. The van der Waals surface area contributed by atoms with Crippen LogP contribution in [0.3, 0.4) is 0 Å². The fourth-order valence-corrected chi connectivity index (χ4v) is 4.22. The largest absolute Gasteiger partial charge is 0.508 e. The van der Waals surface area contributed by atoms with Crippen LogP contribution < -0.4 is 0 Å². The summed E-state index contributed by atoms with van der Waals surface area (Å²) < 4.78 is 0. The predicted octanol–water partition coefficient (Wildman–Crippen LogP) is 3.01.